The number of ether oxygens (including phenoxy) is 4. The molecule has 3 N–H and O–H groups in total. The van der Waals surface area contributed by atoms with E-state index in [2.05, 4.69) is 174 Å². The zero-order valence-electron chi connectivity index (χ0n) is 67.7. The number of allylic oxidation sites excluding steroid dienone is 24. The van der Waals surface area contributed by atoms with E-state index in [-0.39, 0.29) is 25.7 Å². The first-order valence-corrected chi connectivity index (χ1v) is 45.1. The molecule has 19 heteroatoms. The van der Waals surface area contributed by atoms with E-state index in [1.54, 1.807) is 0 Å². The van der Waals surface area contributed by atoms with Gasteiger partial charge in [0, 0.05) is 25.7 Å². The summed E-state index contributed by atoms with van der Waals surface area (Å²) in [4.78, 5) is 73.2. The fourth-order valence-corrected chi connectivity index (χ4v) is 12.5. The minimum Gasteiger partial charge on any atom is -0.462 e. The molecular weight excluding hydrogens is 1400 g/mol. The van der Waals surface area contributed by atoms with Crippen LogP contribution in [-0.4, -0.2) is 96.7 Å². The third-order valence-corrected chi connectivity index (χ3v) is 19.2. The molecule has 0 aromatic heterocycles. The first-order chi connectivity index (χ1) is 52.7. The number of hydrogen-bond acceptors (Lipinski definition) is 15. The molecule has 0 aliphatic carbocycles. The van der Waals surface area contributed by atoms with Crippen LogP contribution >= 0.6 is 15.6 Å². The lowest BCUT2D eigenvalue weighted by atomic mass is 10.1. The average molecular weight is 1550 g/mol. The van der Waals surface area contributed by atoms with Crippen molar-refractivity contribution in [2.75, 3.05) is 39.6 Å². The number of esters is 4. The first kappa shape index (κ1) is 103. The lowest BCUT2D eigenvalue weighted by Crippen LogP contribution is -2.30. The van der Waals surface area contributed by atoms with Gasteiger partial charge in [-0.1, -0.05) is 289 Å². The van der Waals surface area contributed by atoms with Crippen LogP contribution in [0.25, 0.3) is 0 Å². The molecule has 4 atom stereocenters. The smallest absolute Gasteiger partial charge is 0.462 e. The van der Waals surface area contributed by atoms with Crippen molar-refractivity contribution in [3.8, 4) is 0 Å². The average Bonchev–Trinajstić information content (AvgIpc) is 0.923. The highest BCUT2D eigenvalue weighted by Crippen LogP contribution is 2.45. The van der Waals surface area contributed by atoms with Gasteiger partial charge in [-0.25, -0.2) is 9.13 Å². The molecule has 0 rings (SSSR count). The molecule has 108 heavy (non-hydrogen) atoms. The van der Waals surface area contributed by atoms with E-state index < -0.39 is 97.5 Å². The van der Waals surface area contributed by atoms with Gasteiger partial charge in [0.25, 0.3) is 0 Å². The number of aliphatic hydroxyl groups is 1. The molecule has 2 unspecified atom stereocenters. The molecule has 0 amide bonds. The Morgan fingerprint density at radius 3 is 0.759 bits per heavy atom. The largest absolute Gasteiger partial charge is 0.472 e. The Labute approximate surface area is 656 Å². The minimum absolute atomic E-state index is 0.0735. The zero-order chi connectivity index (χ0) is 78.9. The molecule has 0 heterocycles. The minimum atomic E-state index is -5.00. The number of aliphatic hydroxyl groups excluding tert-OH is 1. The highest BCUT2D eigenvalue weighted by atomic mass is 31.2. The zero-order valence-corrected chi connectivity index (χ0v) is 69.5. The van der Waals surface area contributed by atoms with Gasteiger partial charge in [0.15, 0.2) is 12.2 Å². The number of unbranched alkanes of at least 4 members (excludes halogenated alkanes) is 28. The Bertz CT molecular complexity index is 2440. The molecule has 17 nitrogen and oxygen atoms in total. The summed E-state index contributed by atoms with van der Waals surface area (Å²) in [5, 5.41) is 10.7. The Kier molecular flexibility index (Phi) is 76.3. The standard InChI is InChI=1S/C89H150O17P2/c1-5-9-13-17-21-25-29-33-37-39-41-43-47-49-53-57-61-65-69-73-86(91)99-79-84(105-88(93)75-71-67-63-59-55-51-45-35-31-27-23-19-15-11-7-3)81-103-107(95,96)101-77-83(90)78-102-108(97,98)104-82-85(106-89(94)76-72-68-64-60-56-52-46-36-32-28-24-20-16-12-8-4)80-100-87(92)74-70-66-62-58-54-50-48-44-42-40-38-34-30-26-22-18-14-10-6-2/h9-10,13-14,21-22,25-26,33-38,41-46,49-50,53-54,83-85,90H,5-8,11-12,15-20,23-24,27-32,39-40,47-48,51-52,55-82H2,1-4H3,(H,95,96)(H,97,98)/b13-9-,14-10-,25-21-,26-22-,37-33-,38-34-,43-41-,44-42-,45-35-,46-36-,53-49-,54-50-/t84-,85-/m1/s1. The molecule has 0 saturated carbocycles. The van der Waals surface area contributed by atoms with E-state index >= 15 is 0 Å². The van der Waals surface area contributed by atoms with Crippen LogP contribution in [0.15, 0.2) is 146 Å². The molecule has 0 saturated heterocycles. The maximum atomic E-state index is 13.1. The predicted molar refractivity (Wildman–Crippen MR) is 445 cm³/mol. The van der Waals surface area contributed by atoms with Gasteiger partial charge in [-0.05, 0) is 167 Å². The van der Waals surface area contributed by atoms with Crippen molar-refractivity contribution in [1.29, 1.82) is 0 Å². The topological polar surface area (TPSA) is 237 Å². The second-order valence-electron chi connectivity index (χ2n) is 27.6. The van der Waals surface area contributed by atoms with E-state index in [0.29, 0.717) is 25.7 Å². The predicted octanol–water partition coefficient (Wildman–Crippen LogP) is 25.0. The summed E-state index contributed by atoms with van der Waals surface area (Å²) in [7, 11) is -9.99. The van der Waals surface area contributed by atoms with Crippen molar-refractivity contribution in [3.63, 3.8) is 0 Å². The van der Waals surface area contributed by atoms with Gasteiger partial charge >= 0.3 is 39.5 Å². The third kappa shape index (κ3) is 79.0. The maximum absolute atomic E-state index is 13.1. The Morgan fingerprint density at radius 1 is 0.269 bits per heavy atom. The molecule has 618 valence electrons. The van der Waals surface area contributed by atoms with Crippen LogP contribution in [0, 0.1) is 0 Å². The fourth-order valence-electron chi connectivity index (χ4n) is 10.9. The van der Waals surface area contributed by atoms with Crippen LogP contribution in [-0.2, 0) is 65.4 Å². The fraction of sp³-hybridized carbons (Fsp3) is 0.685. The van der Waals surface area contributed by atoms with Crippen molar-refractivity contribution in [2.45, 2.75) is 354 Å². The summed E-state index contributed by atoms with van der Waals surface area (Å²) in [5.74, 6) is -2.26. The van der Waals surface area contributed by atoms with Gasteiger partial charge in [0.05, 0.1) is 26.4 Å². The van der Waals surface area contributed by atoms with Crippen LogP contribution in [0.5, 0.6) is 0 Å². The van der Waals surface area contributed by atoms with Gasteiger partial charge in [-0.2, -0.15) is 0 Å². The summed E-state index contributed by atoms with van der Waals surface area (Å²) < 4.78 is 68.7. The number of rotatable bonds is 78. The summed E-state index contributed by atoms with van der Waals surface area (Å²) in [5.41, 5.74) is 0. The second kappa shape index (κ2) is 80.0. The number of phosphoric ester groups is 2. The van der Waals surface area contributed by atoms with Gasteiger partial charge in [0.1, 0.15) is 19.3 Å². The van der Waals surface area contributed by atoms with E-state index in [4.69, 9.17) is 37.0 Å². The highest BCUT2D eigenvalue weighted by molar-refractivity contribution is 7.47. The Morgan fingerprint density at radius 2 is 0.481 bits per heavy atom. The van der Waals surface area contributed by atoms with Crippen LogP contribution in [0.4, 0.5) is 0 Å². The van der Waals surface area contributed by atoms with Gasteiger partial charge in [0.2, 0.25) is 0 Å². The number of carbonyl (C=O) groups is 4. The first-order valence-electron chi connectivity index (χ1n) is 42.1. The molecule has 0 aliphatic heterocycles. The summed E-state index contributed by atoms with van der Waals surface area (Å²) in [6, 6.07) is 0. The highest BCUT2D eigenvalue weighted by Gasteiger charge is 2.30. The van der Waals surface area contributed by atoms with E-state index in [9.17, 15) is 43.2 Å². The molecule has 0 spiro atoms. The lowest BCUT2D eigenvalue weighted by molar-refractivity contribution is -0.161. The Balaban J connectivity index is 5.44. The summed E-state index contributed by atoms with van der Waals surface area (Å²) in [6.45, 7) is 4.57. The number of hydrogen-bond donors (Lipinski definition) is 3. The third-order valence-electron chi connectivity index (χ3n) is 17.3. The van der Waals surface area contributed by atoms with Crippen LogP contribution < -0.4 is 0 Å². The van der Waals surface area contributed by atoms with Gasteiger partial charge in [-0.15, -0.1) is 0 Å². The van der Waals surface area contributed by atoms with E-state index in [1.807, 2.05) is 0 Å². The van der Waals surface area contributed by atoms with Crippen molar-refractivity contribution < 1.29 is 80.2 Å². The molecule has 0 fully saturated rings. The normalized spacial score (nSPS) is 14.5. The number of phosphoric acid groups is 2. The van der Waals surface area contributed by atoms with Crippen molar-refractivity contribution in [1.82, 2.24) is 0 Å². The summed E-state index contributed by atoms with van der Waals surface area (Å²) >= 11 is 0. The monoisotopic (exact) mass is 1550 g/mol. The Hall–Kier alpha value is -5.06. The SMILES string of the molecule is CC/C=C\C/C=C\C/C=C\C/C=C\C/C=C\CCCCCC(=O)OC[C@H](COP(=O)(O)OCC(O)COP(=O)(O)OC[C@@H](COC(=O)CCCCC/C=C\C/C=C\C/C=C\C/C=C\C/C=C\CC)OC(=O)CCCCCCC/C=C\CCCCCCCC)OC(=O)CCCCCCC/C=C\CCCCCCCC. The van der Waals surface area contributed by atoms with Crippen molar-refractivity contribution in [3.05, 3.63) is 146 Å². The molecule has 0 aromatic rings. The van der Waals surface area contributed by atoms with Crippen molar-refractivity contribution in [2.24, 2.45) is 0 Å². The maximum Gasteiger partial charge on any atom is 0.472 e. The molecule has 0 radical (unpaired) electrons. The van der Waals surface area contributed by atoms with Crippen molar-refractivity contribution >= 4 is 39.5 Å². The lowest BCUT2D eigenvalue weighted by Gasteiger charge is -2.21. The molecule has 0 aliphatic rings. The quantitative estimate of drug-likeness (QED) is 0.0169. The number of carbonyl (C=O) groups excluding carboxylic acids is 4. The molecular formula is C89H150O17P2. The molecule has 0 aromatic carbocycles. The summed E-state index contributed by atoms with van der Waals surface area (Å²) in [6.07, 6.45) is 92.4. The van der Waals surface area contributed by atoms with Gasteiger partial charge in [-0.3, -0.25) is 37.3 Å². The van der Waals surface area contributed by atoms with Crippen LogP contribution in [0.2, 0.25) is 0 Å². The second-order valence-corrected chi connectivity index (χ2v) is 30.6. The van der Waals surface area contributed by atoms with Crippen LogP contribution in [0.3, 0.4) is 0 Å². The van der Waals surface area contributed by atoms with E-state index in [0.717, 1.165) is 180 Å². The molecule has 0 bridgehead atoms. The van der Waals surface area contributed by atoms with Gasteiger partial charge < -0.3 is 33.8 Å². The van der Waals surface area contributed by atoms with E-state index in [1.165, 1.54) is 77.0 Å². The van der Waals surface area contributed by atoms with Crippen LogP contribution in [0.1, 0.15) is 336 Å².